The Hall–Kier alpha value is -2.77. The average Bonchev–Trinajstić information content (AvgIpc) is 2.76. The first kappa shape index (κ1) is 24.9. The highest BCUT2D eigenvalue weighted by molar-refractivity contribution is 7.99. The number of rotatable bonds is 9. The summed E-state index contributed by atoms with van der Waals surface area (Å²) in [6, 6.07) is 20.4. The summed E-state index contributed by atoms with van der Waals surface area (Å²) >= 11 is 1.65. The Morgan fingerprint density at radius 1 is 0.818 bits per heavy atom. The molecule has 3 rings (SSSR count). The second kappa shape index (κ2) is 10.9. The summed E-state index contributed by atoms with van der Waals surface area (Å²) in [5, 5.41) is 2.86. The van der Waals surface area contributed by atoms with Crippen LogP contribution in [-0.2, 0) is 14.8 Å². The molecule has 1 amide bonds. The van der Waals surface area contributed by atoms with E-state index in [1.54, 1.807) is 48.2 Å². The maximum absolute atomic E-state index is 13.5. The Bertz CT molecular complexity index is 1190. The normalized spacial score (nSPS) is 11.3. The molecule has 3 aromatic rings. The molecule has 0 aliphatic carbocycles. The van der Waals surface area contributed by atoms with E-state index in [-0.39, 0.29) is 17.3 Å². The minimum absolute atomic E-state index is 0.162. The monoisotopic (exact) mass is 482 g/mol. The molecule has 0 saturated carbocycles. The van der Waals surface area contributed by atoms with Gasteiger partial charge in [-0.05, 0) is 75.2 Å². The number of nitrogens with one attached hydrogen (secondary N) is 1. The number of carbonyl (C=O) groups excluding carboxylic acids is 1. The Balaban J connectivity index is 1.74. The van der Waals surface area contributed by atoms with Crippen LogP contribution in [-0.4, -0.2) is 33.2 Å². The van der Waals surface area contributed by atoms with Crippen molar-refractivity contribution in [3.8, 4) is 0 Å². The van der Waals surface area contributed by atoms with Gasteiger partial charge in [-0.25, -0.2) is 8.42 Å². The quantitative estimate of drug-likeness (QED) is 0.343. The number of hydrogen-bond donors (Lipinski definition) is 1. The van der Waals surface area contributed by atoms with Gasteiger partial charge in [0.05, 0.1) is 10.6 Å². The van der Waals surface area contributed by atoms with Crippen molar-refractivity contribution in [2.75, 3.05) is 23.1 Å². The lowest BCUT2D eigenvalue weighted by atomic mass is 10.1. The number of anilines is 1. The molecule has 1 N–H and O–H groups in total. The predicted molar refractivity (Wildman–Crippen MR) is 137 cm³/mol. The third-order valence-corrected chi connectivity index (χ3v) is 7.91. The Morgan fingerprint density at radius 3 is 1.94 bits per heavy atom. The molecule has 5 nitrogen and oxygen atoms in total. The molecule has 0 bridgehead atoms. The molecular formula is C26H30N2O3S2. The van der Waals surface area contributed by atoms with Crippen molar-refractivity contribution in [3.63, 3.8) is 0 Å². The van der Waals surface area contributed by atoms with E-state index < -0.39 is 10.0 Å². The van der Waals surface area contributed by atoms with Gasteiger partial charge in [0.25, 0.3) is 10.0 Å². The van der Waals surface area contributed by atoms with E-state index in [9.17, 15) is 13.2 Å². The van der Waals surface area contributed by atoms with Gasteiger partial charge in [0, 0.05) is 17.2 Å². The maximum Gasteiger partial charge on any atom is 0.264 e. The van der Waals surface area contributed by atoms with Gasteiger partial charge in [0.15, 0.2) is 0 Å². The summed E-state index contributed by atoms with van der Waals surface area (Å²) in [6.45, 7) is 7.93. The fraction of sp³-hybridized carbons (Fsp3) is 0.269. The highest BCUT2D eigenvalue weighted by atomic mass is 32.2. The second-order valence-electron chi connectivity index (χ2n) is 8.18. The van der Waals surface area contributed by atoms with Crippen LogP contribution in [0.4, 0.5) is 5.69 Å². The fourth-order valence-electron chi connectivity index (χ4n) is 3.43. The number of hydrogen-bond acceptors (Lipinski definition) is 4. The van der Waals surface area contributed by atoms with Gasteiger partial charge in [-0.2, -0.15) is 0 Å². The van der Waals surface area contributed by atoms with Crippen molar-refractivity contribution in [3.05, 3.63) is 89.0 Å². The van der Waals surface area contributed by atoms with Crippen LogP contribution in [0, 0.1) is 27.7 Å². The van der Waals surface area contributed by atoms with Gasteiger partial charge in [-0.1, -0.05) is 41.5 Å². The van der Waals surface area contributed by atoms with Crippen LogP contribution in [0.15, 0.2) is 76.5 Å². The maximum atomic E-state index is 13.5. The number of nitrogens with zero attached hydrogens (tertiary/aromatic N) is 1. The van der Waals surface area contributed by atoms with Crippen molar-refractivity contribution in [2.45, 2.75) is 37.5 Å². The molecule has 0 atom stereocenters. The van der Waals surface area contributed by atoms with E-state index in [1.807, 2.05) is 33.8 Å². The lowest BCUT2D eigenvalue weighted by molar-refractivity contribution is -0.119. The van der Waals surface area contributed by atoms with Crippen molar-refractivity contribution in [2.24, 2.45) is 0 Å². The molecule has 0 aromatic heterocycles. The lowest BCUT2D eigenvalue weighted by Crippen LogP contribution is -2.41. The van der Waals surface area contributed by atoms with E-state index in [0.717, 1.165) is 21.6 Å². The van der Waals surface area contributed by atoms with Gasteiger partial charge in [-0.15, -0.1) is 11.8 Å². The number of amides is 1. The van der Waals surface area contributed by atoms with Crippen molar-refractivity contribution < 1.29 is 13.2 Å². The van der Waals surface area contributed by atoms with Crippen molar-refractivity contribution in [1.29, 1.82) is 0 Å². The molecule has 7 heteroatoms. The number of aryl methyl sites for hydroxylation is 4. The van der Waals surface area contributed by atoms with Crippen LogP contribution >= 0.6 is 11.8 Å². The molecule has 0 fully saturated rings. The topological polar surface area (TPSA) is 66.5 Å². The van der Waals surface area contributed by atoms with E-state index in [4.69, 9.17) is 0 Å². The van der Waals surface area contributed by atoms with Crippen LogP contribution in [0.1, 0.15) is 22.3 Å². The van der Waals surface area contributed by atoms with Crippen LogP contribution in [0.25, 0.3) is 0 Å². The van der Waals surface area contributed by atoms with E-state index in [1.165, 1.54) is 9.87 Å². The van der Waals surface area contributed by atoms with Gasteiger partial charge in [0.1, 0.15) is 6.54 Å². The van der Waals surface area contributed by atoms with Gasteiger partial charge < -0.3 is 5.32 Å². The Morgan fingerprint density at radius 2 is 1.36 bits per heavy atom. The van der Waals surface area contributed by atoms with Crippen LogP contribution < -0.4 is 9.62 Å². The second-order valence-corrected chi connectivity index (χ2v) is 11.2. The molecule has 0 aliphatic heterocycles. The summed E-state index contributed by atoms with van der Waals surface area (Å²) in [6.07, 6.45) is 0. The van der Waals surface area contributed by atoms with Gasteiger partial charge in [-0.3, -0.25) is 9.10 Å². The third kappa shape index (κ3) is 6.85. The zero-order valence-corrected chi connectivity index (χ0v) is 21.1. The molecule has 174 valence electrons. The zero-order chi connectivity index (χ0) is 24.0. The molecule has 0 unspecified atom stereocenters. The van der Waals surface area contributed by atoms with Crippen molar-refractivity contribution >= 4 is 33.4 Å². The molecule has 3 aromatic carbocycles. The Labute approximate surface area is 201 Å². The average molecular weight is 483 g/mol. The Kier molecular flexibility index (Phi) is 8.21. The minimum atomic E-state index is -3.91. The molecule has 0 aliphatic rings. The predicted octanol–water partition coefficient (Wildman–Crippen LogP) is 5.02. The van der Waals surface area contributed by atoms with E-state index >= 15 is 0 Å². The molecule has 0 radical (unpaired) electrons. The standard InChI is InChI=1S/C26H30N2O3S2/c1-19-5-9-24(10-6-19)32-14-13-27-26(29)18-28(23-16-21(3)15-22(4)17-23)33(30,31)25-11-7-20(2)8-12-25/h5-12,15-17H,13-14,18H2,1-4H3,(H,27,29). The molecule has 0 saturated heterocycles. The van der Waals surface area contributed by atoms with Crippen LogP contribution in [0.3, 0.4) is 0 Å². The first-order chi connectivity index (χ1) is 15.6. The number of benzene rings is 3. The smallest absolute Gasteiger partial charge is 0.264 e. The summed E-state index contributed by atoms with van der Waals surface area (Å²) in [7, 11) is -3.91. The first-order valence-corrected chi connectivity index (χ1v) is 13.2. The van der Waals surface area contributed by atoms with Gasteiger partial charge in [0.2, 0.25) is 5.91 Å². The molecule has 0 heterocycles. The SMILES string of the molecule is Cc1ccc(SCCNC(=O)CN(c2cc(C)cc(C)c2)S(=O)(=O)c2ccc(C)cc2)cc1. The highest BCUT2D eigenvalue weighted by Gasteiger charge is 2.27. The van der Waals surface area contributed by atoms with Crippen LogP contribution in [0.5, 0.6) is 0 Å². The van der Waals surface area contributed by atoms with E-state index in [2.05, 4.69) is 29.6 Å². The summed E-state index contributed by atoms with van der Waals surface area (Å²) in [5.74, 6) is 0.359. The molecular weight excluding hydrogens is 452 g/mol. The largest absolute Gasteiger partial charge is 0.354 e. The highest BCUT2D eigenvalue weighted by Crippen LogP contribution is 2.26. The lowest BCUT2D eigenvalue weighted by Gasteiger charge is -2.25. The molecule has 0 spiro atoms. The summed E-state index contributed by atoms with van der Waals surface area (Å²) in [5.41, 5.74) is 4.52. The summed E-state index contributed by atoms with van der Waals surface area (Å²) < 4.78 is 28.2. The van der Waals surface area contributed by atoms with Crippen molar-refractivity contribution in [1.82, 2.24) is 5.32 Å². The number of sulfonamides is 1. The number of thioether (sulfide) groups is 1. The van der Waals surface area contributed by atoms with E-state index in [0.29, 0.717) is 18.0 Å². The third-order valence-electron chi connectivity index (χ3n) is 5.10. The summed E-state index contributed by atoms with van der Waals surface area (Å²) in [4.78, 5) is 14.1. The number of carbonyl (C=O) groups is 1. The van der Waals surface area contributed by atoms with Crippen LogP contribution in [0.2, 0.25) is 0 Å². The first-order valence-electron chi connectivity index (χ1n) is 10.8. The molecule has 33 heavy (non-hydrogen) atoms. The zero-order valence-electron chi connectivity index (χ0n) is 19.5. The van der Waals surface area contributed by atoms with Gasteiger partial charge >= 0.3 is 0 Å². The fourth-order valence-corrected chi connectivity index (χ4v) is 5.60. The minimum Gasteiger partial charge on any atom is -0.354 e.